The van der Waals surface area contributed by atoms with Crippen molar-refractivity contribution in [1.82, 2.24) is 5.43 Å². The molecule has 0 bridgehead atoms. The summed E-state index contributed by atoms with van der Waals surface area (Å²) in [7, 11) is 0. The van der Waals surface area contributed by atoms with Crippen molar-refractivity contribution in [3.63, 3.8) is 0 Å². The Balaban J connectivity index is 2.27. The first-order valence-electron chi connectivity index (χ1n) is 6.84. The maximum atomic E-state index is 11.5. The molecule has 0 unspecified atom stereocenters. The van der Waals surface area contributed by atoms with Crippen LogP contribution in [-0.2, 0) is 11.2 Å². The van der Waals surface area contributed by atoms with E-state index in [0.717, 1.165) is 24.9 Å². The summed E-state index contributed by atoms with van der Waals surface area (Å²) in [5, 5.41) is 11.2. The Morgan fingerprint density at radius 2 is 1.95 bits per heavy atom. The Hall–Kier alpha value is -1.55. The van der Waals surface area contributed by atoms with Crippen molar-refractivity contribution in [2.24, 2.45) is 0 Å². The van der Waals surface area contributed by atoms with Gasteiger partial charge in [0.05, 0.1) is 5.69 Å². The van der Waals surface area contributed by atoms with Crippen molar-refractivity contribution < 1.29 is 9.90 Å². The quantitative estimate of drug-likeness (QED) is 0.774. The average Bonchev–Trinajstić information content (AvgIpc) is 3.20. The summed E-state index contributed by atoms with van der Waals surface area (Å²) in [6.45, 7) is 5.55. The fourth-order valence-electron chi connectivity index (χ4n) is 1.93. The number of benzene rings is 1. The highest BCUT2D eigenvalue weighted by molar-refractivity contribution is 5.82. The van der Waals surface area contributed by atoms with Gasteiger partial charge in [0.1, 0.15) is 5.54 Å². The molecule has 0 spiro atoms. The zero-order valence-electron chi connectivity index (χ0n) is 11.8. The fraction of sp³-hybridized carbons (Fsp3) is 0.533. The number of anilines is 1. The molecule has 104 valence electrons. The van der Waals surface area contributed by atoms with Gasteiger partial charge in [0.15, 0.2) is 0 Å². The molecule has 1 aliphatic rings. The van der Waals surface area contributed by atoms with Crippen molar-refractivity contribution in [3.8, 4) is 0 Å². The number of aliphatic carboxylic acids is 1. The normalized spacial score (nSPS) is 15.3. The molecule has 1 saturated carbocycles. The van der Waals surface area contributed by atoms with E-state index in [0.29, 0.717) is 6.04 Å². The second-order valence-electron chi connectivity index (χ2n) is 5.62. The van der Waals surface area contributed by atoms with E-state index in [1.54, 1.807) is 18.9 Å². The maximum Gasteiger partial charge on any atom is 0.330 e. The molecule has 1 aromatic carbocycles. The highest BCUT2D eigenvalue weighted by Gasteiger charge is 2.38. The van der Waals surface area contributed by atoms with Crippen LogP contribution in [0, 0.1) is 0 Å². The van der Waals surface area contributed by atoms with E-state index in [1.165, 1.54) is 5.56 Å². The van der Waals surface area contributed by atoms with Crippen LogP contribution >= 0.6 is 0 Å². The summed E-state index contributed by atoms with van der Waals surface area (Å²) in [5.41, 5.74) is 4.50. The van der Waals surface area contributed by atoms with Crippen LogP contribution in [-0.4, -0.2) is 22.7 Å². The molecule has 4 heteroatoms. The van der Waals surface area contributed by atoms with Gasteiger partial charge in [0, 0.05) is 6.04 Å². The summed E-state index contributed by atoms with van der Waals surface area (Å²) < 4.78 is 0. The van der Waals surface area contributed by atoms with Crippen LogP contribution in [0.1, 0.15) is 39.2 Å². The third-order valence-corrected chi connectivity index (χ3v) is 3.57. The minimum atomic E-state index is -0.976. The van der Waals surface area contributed by atoms with Crippen LogP contribution in [0.4, 0.5) is 5.69 Å². The largest absolute Gasteiger partial charge is 0.479 e. The van der Waals surface area contributed by atoms with Crippen molar-refractivity contribution in [2.75, 3.05) is 5.01 Å². The zero-order valence-corrected chi connectivity index (χ0v) is 11.8. The lowest BCUT2D eigenvalue weighted by Gasteiger charge is -2.37. The van der Waals surface area contributed by atoms with Crippen LogP contribution < -0.4 is 10.4 Å². The van der Waals surface area contributed by atoms with Crippen molar-refractivity contribution in [3.05, 3.63) is 29.8 Å². The van der Waals surface area contributed by atoms with Crippen molar-refractivity contribution >= 4 is 11.7 Å². The minimum Gasteiger partial charge on any atom is -0.479 e. The molecule has 0 amide bonds. The van der Waals surface area contributed by atoms with E-state index in [9.17, 15) is 9.90 Å². The van der Waals surface area contributed by atoms with Gasteiger partial charge < -0.3 is 5.11 Å². The Morgan fingerprint density at radius 1 is 1.37 bits per heavy atom. The predicted octanol–water partition coefficient (Wildman–Crippen LogP) is 2.59. The summed E-state index contributed by atoms with van der Waals surface area (Å²) in [6, 6.07) is 8.48. The summed E-state index contributed by atoms with van der Waals surface area (Å²) in [5.74, 6) is -0.833. The molecule has 0 aromatic heterocycles. The standard InChI is InChI=1S/C15H22N2O2/c1-4-11-5-9-13(10-6-11)17(16-12-7-8-12)15(2,3)14(18)19/h5-6,9-10,12,16H,4,7-8H2,1-3H3,(H,18,19). The van der Waals surface area contributed by atoms with Gasteiger partial charge in [-0.3, -0.25) is 5.01 Å². The van der Waals surface area contributed by atoms with Gasteiger partial charge in [-0.05, 0) is 50.8 Å². The van der Waals surface area contributed by atoms with Crippen LogP contribution in [0.25, 0.3) is 0 Å². The summed E-state index contributed by atoms with van der Waals surface area (Å²) in [6.07, 6.45) is 3.21. The lowest BCUT2D eigenvalue weighted by atomic mass is 10.0. The zero-order chi connectivity index (χ0) is 14.0. The SMILES string of the molecule is CCc1ccc(N(NC2CC2)C(C)(C)C(=O)O)cc1. The molecule has 1 aliphatic carbocycles. The molecule has 0 saturated heterocycles. The molecule has 19 heavy (non-hydrogen) atoms. The van der Waals surface area contributed by atoms with Crippen LogP contribution in [0.2, 0.25) is 0 Å². The topological polar surface area (TPSA) is 52.6 Å². The van der Waals surface area contributed by atoms with E-state index in [1.807, 2.05) is 12.1 Å². The smallest absolute Gasteiger partial charge is 0.330 e. The van der Waals surface area contributed by atoms with E-state index >= 15 is 0 Å². The molecule has 1 aromatic rings. The second kappa shape index (κ2) is 5.21. The number of rotatable bonds is 6. The number of nitrogens with zero attached hydrogens (tertiary/aromatic N) is 1. The first kappa shape index (κ1) is 13.9. The molecular weight excluding hydrogens is 240 g/mol. The number of aryl methyl sites for hydroxylation is 1. The fourth-order valence-corrected chi connectivity index (χ4v) is 1.93. The van der Waals surface area contributed by atoms with Gasteiger partial charge in [0.2, 0.25) is 0 Å². The first-order valence-corrected chi connectivity index (χ1v) is 6.84. The summed E-state index contributed by atoms with van der Waals surface area (Å²) in [4.78, 5) is 11.5. The number of carbonyl (C=O) groups is 1. The highest BCUT2D eigenvalue weighted by Crippen LogP contribution is 2.27. The average molecular weight is 262 g/mol. The molecule has 0 aliphatic heterocycles. The molecule has 0 atom stereocenters. The van der Waals surface area contributed by atoms with Gasteiger partial charge in [-0.25, -0.2) is 10.2 Å². The second-order valence-corrected chi connectivity index (χ2v) is 5.62. The predicted molar refractivity (Wildman–Crippen MR) is 76.2 cm³/mol. The Kier molecular flexibility index (Phi) is 3.80. The van der Waals surface area contributed by atoms with Gasteiger partial charge in [-0.15, -0.1) is 0 Å². The van der Waals surface area contributed by atoms with Crippen LogP contribution in [0.5, 0.6) is 0 Å². The number of hydrogen-bond donors (Lipinski definition) is 2. The number of carboxylic acids is 1. The molecule has 1 fully saturated rings. The Labute approximate surface area is 114 Å². The molecule has 2 N–H and O–H groups in total. The van der Waals surface area contributed by atoms with E-state index in [4.69, 9.17) is 0 Å². The van der Waals surface area contributed by atoms with E-state index < -0.39 is 11.5 Å². The third-order valence-electron chi connectivity index (χ3n) is 3.57. The molecule has 2 rings (SSSR count). The lowest BCUT2D eigenvalue weighted by molar-refractivity contribution is -0.142. The van der Waals surface area contributed by atoms with Crippen LogP contribution in [0.15, 0.2) is 24.3 Å². The number of hydrazine groups is 1. The maximum absolute atomic E-state index is 11.5. The third kappa shape index (κ3) is 3.07. The number of carboxylic acid groups (broad SMARTS) is 1. The Morgan fingerprint density at radius 3 is 2.37 bits per heavy atom. The number of nitrogens with one attached hydrogen (secondary N) is 1. The molecular formula is C15H22N2O2. The Bertz CT molecular complexity index is 450. The van der Waals surface area contributed by atoms with Gasteiger partial charge >= 0.3 is 5.97 Å². The number of hydrogen-bond acceptors (Lipinski definition) is 3. The molecule has 0 heterocycles. The van der Waals surface area contributed by atoms with Crippen LogP contribution in [0.3, 0.4) is 0 Å². The lowest BCUT2D eigenvalue weighted by Crippen LogP contribution is -2.57. The summed E-state index contributed by atoms with van der Waals surface area (Å²) >= 11 is 0. The van der Waals surface area contributed by atoms with Gasteiger partial charge in [0.25, 0.3) is 0 Å². The molecule has 4 nitrogen and oxygen atoms in total. The molecule has 0 radical (unpaired) electrons. The first-order chi connectivity index (χ1) is 8.95. The van der Waals surface area contributed by atoms with Gasteiger partial charge in [-0.1, -0.05) is 19.1 Å². The van der Waals surface area contributed by atoms with E-state index in [-0.39, 0.29) is 0 Å². The van der Waals surface area contributed by atoms with E-state index in [2.05, 4.69) is 24.5 Å². The van der Waals surface area contributed by atoms with Crippen molar-refractivity contribution in [1.29, 1.82) is 0 Å². The van der Waals surface area contributed by atoms with Gasteiger partial charge in [-0.2, -0.15) is 0 Å². The highest BCUT2D eigenvalue weighted by atomic mass is 16.4. The monoisotopic (exact) mass is 262 g/mol. The van der Waals surface area contributed by atoms with Crippen molar-refractivity contribution in [2.45, 2.75) is 51.6 Å². The minimum absolute atomic E-state index is 0.407.